The van der Waals surface area contributed by atoms with Gasteiger partial charge in [0.25, 0.3) is 0 Å². The van der Waals surface area contributed by atoms with Crippen molar-refractivity contribution in [1.29, 1.82) is 0 Å². The molecule has 4 heteroatoms. The number of rotatable bonds is 6. The van der Waals surface area contributed by atoms with E-state index in [9.17, 15) is 10.2 Å². The third-order valence-electron chi connectivity index (χ3n) is 4.17. The summed E-state index contributed by atoms with van der Waals surface area (Å²) >= 11 is 0. The van der Waals surface area contributed by atoms with Crippen LogP contribution in [0.2, 0.25) is 0 Å². The van der Waals surface area contributed by atoms with Crippen LogP contribution < -0.4 is 5.32 Å². The van der Waals surface area contributed by atoms with Crippen molar-refractivity contribution in [2.75, 3.05) is 19.6 Å². The normalized spacial score (nSPS) is 20.3. The summed E-state index contributed by atoms with van der Waals surface area (Å²) in [6.45, 7) is 9.72. The molecule has 0 amide bonds. The van der Waals surface area contributed by atoms with E-state index in [1.165, 1.54) is 18.9 Å². The van der Waals surface area contributed by atoms with Gasteiger partial charge in [-0.3, -0.25) is 4.90 Å². The second-order valence-corrected chi connectivity index (χ2v) is 6.60. The number of aromatic hydroxyl groups is 2. The van der Waals surface area contributed by atoms with Crippen LogP contribution in [0.3, 0.4) is 0 Å². The molecule has 0 aliphatic carbocycles. The largest absolute Gasteiger partial charge is 0.508 e. The Hall–Kier alpha value is -1.26. The molecule has 1 aliphatic heterocycles. The van der Waals surface area contributed by atoms with E-state index in [4.69, 9.17) is 0 Å². The van der Waals surface area contributed by atoms with Crippen molar-refractivity contribution < 1.29 is 10.2 Å². The number of nitrogens with zero attached hydrogens (tertiary/aromatic N) is 1. The van der Waals surface area contributed by atoms with Gasteiger partial charge in [0.2, 0.25) is 0 Å². The van der Waals surface area contributed by atoms with Crippen molar-refractivity contribution in [1.82, 2.24) is 10.2 Å². The summed E-state index contributed by atoms with van der Waals surface area (Å²) in [7, 11) is 0. The Bertz CT molecular complexity index is 436. The number of phenolic OH excluding ortho intramolecular Hbond substituents is 2. The quantitative estimate of drug-likeness (QED) is 0.754. The number of nitrogens with one attached hydrogen (secondary N) is 1. The fraction of sp³-hybridized carbons (Fsp3) is 0.647. The van der Waals surface area contributed by atoms with Crippen LogP contribution in [0.4, 0.5) is 0 Å². The Morgan fingerprint density at radius 3 is 2.38 bits per heavy atom. The fourth-order valence-corrected chi connectivity index (χ4v) is 3.13. The van der Waals surface area contributed by atoms with Gasteiger partial charge in [-0.1, -0.05) is 13.8 Å². The van der Waals surface area contributed by atoms with Crippen LogP contribution in [0, 0.1) is 5.92 Å². The second kappa shape index (κ2) is 7.14. The average Bonchev–Trinajstić information content (AvgIpc) is 2.88. The summed E-state index contributed by atoms with van der Waals surface area (Å²) in [4.78, 5) is 2.45. The van der Waals surface area contributed by atoms with Gasteiger partial charge in [-0.15, -0.1) is 0 Å². The van der Waals surface area contributed by atoms with Gasteiger partial charge in [-0.2, -0.15) is 0 Å². The molecule has 2 rings (SSSR count). The standard InChI is InChI=1S/C17H28N2O2/c1-12(2)10-19(11-15-5-4-6-18-15)13(3)14-7-16(20)9-17(21)8-14/h7-9,12-13,15,18,20-21H,4-6,10-11H2,1-3H3. The Kier molecular flexibility index (Phi) is 5.48. The Morgan fingerprint density at radius 2 is 1.86 bits per heavy atom. The van der Waals surface area contributed by atoms with E-state index in [-0.39, 0.29) is 17.5 Å². The SMILES string of the molecule is CC(C)CN(CC1CCCN1)C(C)c1cc(O)cc(O)c1. The summed E-state index contributed by atoms with van der Waals surface area (Å²) in [5, 5.41) is 22.9. The van der Waals surface area contributed by atoms with Crippen LogP contribution in [0.5, 0.6) is 11.5 Å². The molecule has 2 atom stereocenters. The van der Waals surface area contributed by atoms with Crippen molar-refractivity contribution in [3.8, 4) is 11.5 Å². The van der Waals surface area contributed by atoms with E-state index in [0.29, 0.717) is 12.0 Å². The first-order valence-electron chi connectivity index (χ1n) is 7.96. The minimum absolute atomic E-state index is 0.125. The van der Waals surface area contributed by atoms with Crippen LogP contribution >= 0.6 is 0 Å². The molecule has 1 fully saturated rings. The zero-order valence-electron chi connectivity index (χ0n) is 13.3. The number of benzene rings is 1. The third kappa shape index (κ3) is 4.61. The lowest BCUT2D eigenvalue weighted by Crippen LogP contribution is -2.40. The Labute approximate surface area is 127 Å². The smallest absolute Gasteiger partial charge is 0.119 e. The lowest BCUT2D eigenvalue weighted by molar-refractivity contribution is 0.171. The molecule has 1 heterocycles. The highest BCUT2D eigenvalue weighted by Gasteiger charge is 2.23. The predicted octanol–water partition coefficient (Wildman–Crippen LogP) is 2.87. The van der Waals surface area contributed by atoms with Crippen molar-refractivity contribution in [3.05, 3.63) is 23.8 Å². The fourth-order valence-electron chi connectivity index (χ4n) is 3.13. The highest BCUT2D eigenvalue weighted by atomic mass is 16.3. The number of hydrogen-bond donors (Lipinski definition) is 3. The van der Waals surface area contributed by atoms with Gasteiger partial charge in [0.15, 0.2) is 0 Å². The van der Waals surface area contributed by atoms with E-state index in [2.05, 4.69) is 31.0 Å². The van der Waals surface area contributed by atoms with Crippen LogP contribution in [0.25, 0.3) is 0 Å². The highest BCUT2D eigenvalue weighted by Crippen LogP contribution is 2.29. The van der Waals surface area contributed by atoms with Crippen LogP contribution in [-0.2, 0) is 0 Å². The van der Waals surface area contributed by atoms with Gasteiger partial charge < -0.3 is 15.5 Å². The van der Waals surface area contributed by atoms with Gasteiger partial charge in [0, 0.05) is 31.2 Å². The number of hydrogen-bond acceptors (Lipinski definition) is 4. The van der Waals surface area contributed by atoms with Crippen LogP contribution in [0.1, 0.15) is 45.2 Å². The molecule has 0 saturated carbocycles. The van der Waals surface area contributed by atoms with Crippen LogP contribution in [-0.4, -0.2) is 40.8 Å². The molecule has 0 radical (unpaired) electrons. The van der Waals surface area contributed by atoms with Gasteiger partial charge in [0.05, 0.1) is 0 Å². The highest BCUT2D eigenvalue weighted by molar-refractivity contribution is 5.38. The molecule has 1 saturated heterocycles. The molecule has 118 valence electrons. The summed E-state index contributed by atoms with van der Waals surface area (Å²) < 4.78 is 0. The third-order valence-corrected chi connectivity index (χ3v) is 4.17. The van der Waals surface area contributed by atoms with E-state index >= 15 is 0 Å². The second-order valence-electron chi connectivity index (χ2n) is 6.60. The molecule has 4 nitrogen and oxygen atoms in total. The minimum atomic E-state index is 0.125. The van der Waals surface area contributed by atoms with Gasteiger partial charge in [0.1, 0.15) is 11.5 Å². The molecule has 0 spiro atoms. The molecule has 21 heavy (non-hydrogen) atoms. The molecular weight excluding hydrogens is 264 g/mol. The molecule has 1 aromatic rings. The monoisotopic (exact) mass is 292 g/mol. The number of phenols is 2. The molecule has 0 aromatic heterocycles. The zero-order chi connectivity index (χ0) is 15.4. The first-order chi connectivity index (χ1) is 9.95. The van der Waals surface area contributed by atoms with Crippen molar-refractivity contribution in [3.63, 3.8) is 0 Å². The van der Waals surface area contributed by atoms with Crippen molar-refractivity contribution in [2.45, 2.75) is 45.7 Å². The lowest BCUT2D eigenvalue weighted by atomic mass is 10.0. The van der Waals surface area contributed by atoms with E-state index < -0.39 is 0 Å². The van der Waals surface area contributed by atoms with Gasteiger partial charge >= 0.3 is 0 Å². The van der Waals surface area contributed by atoms with Crippen molar-refractivity contribution >= 4 is 0 Å². The summed E-state index contributed by atoms with van der Waals surface area (Å²) in [6, 6.07) is 5.60. The molecule has 0 bridgehead atoms. The lowest BCUT2D eigenvalue weighted by Gasteiger charge is -2.33. The summed E-state index contributed by atoms with van der Waals surface area (Å²) in [5.41, 5.74) is 0.964. The summed E-state index contributed by atoms with van der Waals surface area (Å²) in [5.74, 6) is 0.834. The molecule has 1 aliphatic rings. The zero-order valence-corrected chi connectivity index (χ0v) is 13.3. The Balaban J connectivity index is 2.13. The van der Waals surface area contributed by atoms with E-state index in [1.54, 1.807) is 12.1 Å². The molecule has 1 aromatic carbocycles. The van der Waals surface area contributed by atoms with Gasteiger partial charge in [-0.05, 0) is 49.9 Å². The first-order valence-corrected chi connectivity index (χ1v) is 7.96. The average molecular weight is 292 g/mol. The maximum atomic E-state index is 9.70. The van der Waals surface area contributed by atoms with Crippen molar-refractivity contribution in [2.24, 2.45) is 5.92 Å². The molecule has 3 N–H and O–H groups in total. The first kappa shape index (κ1) is 16.1. The van der Waals surface area contributed by atoms with E-state index in [0.717, 1.165) is 25.2 Å². The Morgan fingerprint density at radius 1 is 1.19 bits per heavy atom. The maximum absolute atomic E-state index is 9.70. The maximum Gasteiger partial charge on any atom is 0.119 e. The summed E-state index contributed by atoms with van der Waals surface area (Å²) in [6.07, 6.45) is 2.48. The van der Waals surface area contributed by atoms with E-state index in [1.807, 2.05) is 0 Å². The van der Waals surface area contributed by atoms with Gasteiger partial charge in [-0.25, -0.2) is 0 Å². The predicted molar refractivity (Wildman–Crippen MR) is 85.6 cm³/mol. The molecule has 2 unspecified atom stereocenters. The van der Waals surface area contributed by atoms with Crippen LogP contribution in [0.15, 0.2) is 18.2 Å². The topological polar surface area (TPSA) is 55.7 Å². The molecular formula is C17H28N2O2. The minimum Gasteiger partial charge on any atom is -0.508 e.